The van der Waals surface area contributed by atoms with Crippen LogP contribution in [0.3, 0.4) is 0 Å². The molecule has 64 heavy (non-hydrogen) atoms. The zero-order valence-corrected chi connectivity index (χ0v) is 31.2. The van der Waals surface area contributed by atoms with Crippen LogP contribution in [0.15, 0.2) is 69.1 Å². The fraction of sp³-hybridized carbons (Fsp3) is 0.412. The van der Waals surface area contributed by atoms with E-state index in [0.717, 1.165) is 12.1 Å². The van der Waals surface area contributed by atoms with E-state index in [-0.39, 0.29) is 36.4 Å². The standard InChI is InChI=1S/C34H16F26NO2P/c1-61(2)64-62-19-9-3-13-11-15(23(35,36)25(39,40)27(43,44)29(47,48)31(51,52)33(55,56)57)5-7-17(13)21(19)22-18-8-6-16(12-14(18)4-10-20(22)63-64)24(37,38)26(41,42)28(45,46)30(49,50)32(53,54)34(58,59)60/h3-12H,1-2H3. The largest absolute Gasteiger partial charge is 0.460 e. The van der Waals surface area contributed by atoms with E-state index in [1.165, 1.54) is 18.8 Å². The Balaban J connectivity index is 1.77. The van der Waals surface area contributed by atoms with E-state index in [0.29, 0.717) is 12.1 Å². The second-order valence-corrected chi connectivity index (χ2v) is 15.4. The van der Waals surface area contributed by atoms with Crippen LogP contribution >= 0.6 is 8.16 Å². The van der Waals surface area contributed by atoms with Crippen molar-refractivity contribution in [1.29, 1.82) is 0 Å². The van der Waals surface area contributed by atoms with Crippen molar-refractivity contribution in [3.05, 3.63) is 71.8 Å². The van der Waals surface area contributed by atoms with E-state index < -0.39 is 134 Å². The Kier molecular flexibility index (Phi) is 11.4. The molecule has 0 aliphatic heterocycles. The highest BCUT2D eigenvalue weighted by molar-refractivity contribution is 7.38. The molecule has 0 bridgehead atoms. The van der Waals surface area contributed by atoms with Crippen LogP contribution in [-0.2, 0) is 11.8 Å². The summed E-state index contributed by atoms with van der Waals surface area (Å²) in [7, 11) is 0.171. The number of hydrogen-bond acceptors (Lipinski definition) is 3. The minimum Gasteiger partial charge on any atom is -0.408 e. The predicted octanol–water partition coefficient (Wildman–Crippen LogP) is 15.2. The van der Waals surface area contributed by atoms with E-state index in [2.05, 4.69) is 0 Å². The first kappa shape index (κ1) is 50.4. The second-order valence-electron chi connectivity index (χ2n) is 13.8. The summed E-state index contributed by atoms with van der Waals surface area (Å²) < 4.78 is 374. The van der Waals surface area contributed by atoms with Gasteiger partial charge in [-0.05, 0) is 45.8 Å². The van der Waals surface area contributed by atoms with Crippen LogP contribution in [0.25, 0.3) is 43.5 Å². The fourth-order valence-corrected chi connectivity index (χ4v) is 6.93. The zero-order valence-electron chi connectivity index (χ0n) is 30.3. The molecule has 0 saturated heterocycles. The van der Waals surface area contributed by atoms with E-state index in [1.54, 1.807) is 0 Å². The lowest BCUT2D eigenvalue weighted by Crippen LogP contribution is -2.69. The van der Waals surface area contributed by atoms with Crippen LogP contribution in [0.2, 0.25) is 0 Å². The number of halogens is 26. The number of rotatable bonds is 11. The summed E-state index contributed by atoms with van der Waals surface area (Å²) in [6, 6.07) is 2.48. The predicted molar refractivity (Wildman–Crippen MR) is 171 cm³/mol. The average molecular weight is 995 g/mol. The number of alkyl halides is 26. The fourth-order valence-electron chi connectivity index (χ4n) is 5.93. The Morgan fingerprint density at radius 1 is 0.359 bits per heavy atom. The van der Waals surface area contributed by atoms with Crippen LogP contribution in [0, 0.1) is 0 Å². The summed E-state index contributed by atoms with van der Waals surface area (Å²) >= 11 is 0. The molecule has 0 spiro atoms. The van der Waals surface area contributed by atoms with Gasteiger partial charge in [-0.2, -0.15) is 114 Å². The smallest absolute Gasteiger partial charge is 0.408 e. The van der Waals surface area contributed by atoms with Crippen molar-refractivity contribution in [1.82, 2.24) is 0 Å². The van der Waals surface area contributed by atoms with Crippen LogP contribution in [0.4, 0.5) is 114 Å². The summed E-state index contributed by atoms with van der Waals surface area (Å²) in [6.07, 6.45) is -15.4. The first-order valence-electron chi connectivity index (χ1n) is 16.3. The first-order valence-corrected chi connectivity index (χ1v) is 17.5. The molecule has 0 radical (unpaired) electrons. The summed E-state index contributed by atoms with van der Waals surface area (Å²) in [5, 5.41) is -4.07. The number of fused-ring (bicyclic) bond motifs is 7. The van der Waals surface area contributed by atoms with E-state index in [9.17, 15) is 96.6 Å². The molecular formula is C34H16F26NO2P. The molecule has 0 unspecified atom stereocenters. The third-order valence-corrected chi connectivity index (χ3v) is 10.8. The van der Waals surface area contributed by atoms with Gasteiger partial charge in [-0.15, -0.1) is 0 Å². The quantitative estimate of drug-likeness (QED) is 0.124. The van der Waals surface area contributed by atoms with Gasteiger partial charge < -0.3 is 8.39 Å². The van der Waals surface area contributed by atoms with Gasteiger partial charge in [-0.1, -0.05) is 36.4 Å². The van der Waals surface area contributed by atoms with Gasteiger partial charge >= 0.3 is 79.7 Å². The van der Waals surface area contributed by atoms with Gasteiger partial charge in [0, 0.05) is 36.0 Å². The molecule has 0 saturated carbocycles. The second kappa shape index (κ2) is 14.5. The maximum Gasteiger partial charge on any atom is 0.460 e. The topological polar surface area (TPSA) is 29.5 Å². The molecule has 0 N–H and O–H groups in total. The molecule has 0 aliphatic carbocycles. The maximum atomic E-state index is 15.2. The van der Waals surface area contributed by atoms with Crippen molar-refractivity contribution in [2.45, 2.75) is 71.6 Å². The van der Waals surface area contributed by atoms with Gasteiger partial charge in [0.2, 0.25) is 0 Å². The summed E-state index contributed by atoms with van der Waals surface area (Å²) in [5.74, 6) is -77.9. The normalized spacial score (nSPS) is 15.3. The molecule has 0 atom stereocenters. The Labute approximate surface area is 336 Å². The number of benzene rings is 4. The molecule has 0 fully saturated rings. The van der Waals surface area contributed by atoms with Gasteiger partial charge in [-0.25, -0.2) is 4.67 Å². The van der Waals surface area contributed by atoms with Crippen molar-refractivity contribution in [2.24, 2.45) is 0 Å². The van der Waals surface area contributed by atoms with Crippen LogP contribution in [-0.4, -0.2) is 73.8 Å². The van der Waals surface area contributed by atoms with Gasteiger partial charge in [0.25, 0.3) is 0 Å². The molecule has 0 amide bonds. The monoisotopic (exact) mass is 995 g/mol. The average Bonchev–Trinajstić information content (AvgIpc) is 3.33. The molecule has 0 aliphatic rings. The highest BCUT2D eigenvalue weighted by Crippen LogP contribution is 2.64. The highest BCUT2D eigenvalue weighted by Gasteiger charge is 2.92. The van der Waals surface area contributed by atoms with Crippen molar-refractivity contribution in [2.75, 3.05) is 18.8 Å². The SMILES string of the molecule is CN(C)p1oc2ccc3cc(C(F)(F)C(F)(F)C(F)(F)C(F)(F)C(F)(F)C(F)(F)F)ccc3c2c2c(ccc3cc(C(F)(F)C(F)(F)C(F)(F)C(F)(F)C(F)(F)C(F)(F)F)ccc32)o1. The molecule has 5 rings (SSSR count). The molecule has 1 heterocycles. The van der Waals surface area contributed by atoms with Crippen molar-refractivity contribution >= 4 is 51.6 Å². The maximum absolute atomic E-state index is 15.2. The minimum atomic E-state index is -8.24. The van der Waals surface area contributed by atoms with Crippen LogP contribution in [0.5, 0.6) is 0 Å². The van der Waals surface area contributed by atoms with Gasteiger partial charge in [0.1, 0.15) is 11.2 Å². The molecule has 5 aromatic rings. The van der Waals surface area contributed by atoms with Crippen molar-refractivity contribution in [3.63, 3.8) is 0 Å². The summed E-state index contributed by atoms with van der Waals surface area (Å²) in [5.41, 5.74) is -5.87. The van der Waals surface area contributed by atoms with E-state index in [1.807, 2.05) is 0 Å². The van der Waals surface area contributed by atoms with Crippen molar-refractivity contribution < 1.29 is 123 Å². The Morgan fingerprint density at radius 2 is 0.641 bits per heavy atom. The first-order chi connectivity index (χ1) is 28.4. The van der Waals surface area contributed by atoms with Crippen LogP contribution < -0.4 is 4.67 Å². The zero-order chi connectivity index (χ0) is 49.4. The van der Waals surface area contributed by atoms with Gasteiger partial charge in [0.15, 0.2) is 0 Å². The van der Waals surface area contributed by atoms with Gasteiger partial charge in [-0.3, -0.25) is 0 Å². The third-order valence-electron chi connectivity index (χ3n) is 9.48. The minimum absolute atomic E-state index is 0.191. The molecule has 3 nitrogen and oxygen atoms in total. The van der Waals surface area contributed by atoms with E-state index in [4.69, 9.17) is 8.39 Å². The van der Waals surface area contributed by atoms with Gasteiger partial charge in [0.05, 0.1) is 0 Å². The summed E-state index contributed by atoms with van der Waals surface area (Å²) in [6.45, 7) is 0. The molecular weight excluding hydrogens is 979 g/mol. The lowest BCUT2D eigenvalue weighted by atomic mass is 9.88. The van der Waals surface area contributed by atoms with Crippen LogP contribution in [0.1, 0.15) is 11.1 Å². The Morgan fingerprint density at radius 3 is 0.906 bits per heavy atom. The van der Waals surface area contributed by atoms with Crippen molar-refractivity contribution in [3.8, 4) is 0 Å². The molecule has 30 heteroatoms. The molecule has 1 aromatic heterocycles. The lowest BCUT2D eigenvalue weighted by Gasteiger charge is -2.39. The highest BCUT2D eigenvalue weighted by atomic mass is 31.1. The molecule has 4 aromatic carbocycles. The number of hydrogen-bond donors (Lipinski definition) is 0. The third kappa shape index (κ3) is 6.69. The lowest BCUT2D eigenvalue weighted by molar-refractivity contribution is -0.441. The Hall–Kier alpha value is -4.56. The molecule has 356 valence electrons. The summed E-state index contributed by atoms with van der Waals surface area (Å²) in [4.78, 5) is 0. The number of nitrogens with zero attached hydrogens (tertiary/aromatic N) is 1. The Bertz CT molecular complexity index is 2490. The van der Waals surface area contributed by atoms with E-state index >= 15 is 17.6 Å².